The van der Waals surface area contributed by atoms with Crippen molar-refractivity contribution < 1.29 is 49.0 Å². The molecule has 0 aromatic heterocycles. The summed E-state index contributed by atoms with van der Waals surface area (Å²) in [6.07, 6.45) is 16.4. The monoisotopic (exact) mass is 567 g/mol. The molecule has 0 fully saturated rings. The molecule has 0 bridgehead atoms. The van der Waals surface area contributed by atoms with E-state index in [-0.39, 0.29) is 30.2 Å². The van der Waals surface area contributed by atoms with Crippen LogP contribution in [-0.4, -0.2) is 3.21 Å². The molecular formula is C31H35Cl2Zr-. The van der Waals surface area contributed by atoms with E-state index < -0.39 is 0 Å². The quantitative estimate of drug-likeness (QED) is 0.450. The molecule has 0 spiro atoms. The molecule has 1 unspecified atom stereocenters. The molecular weight excluding hydrogens is 534 g/mol. The van der Waals surface area contributed by atoms with Crippen LogP contribution in [0.15, 0.2) is 101 Å². The van der Waals surface area contributed by atoms with Crippen LogP contribution in [0.25, 0.3) is 0 Å². The van der Waals surface area contributed by atoms with E-state index >= 15 is 0 Å². The summed E-state index contributed by atoms with van der Waals surface area (Å²) in [5, 5.41) is 0. The fraction of sp³-hybridized carbons (Fsp3) is 0.323. The van der Waals surface area contributed by atoms with Gasteiger partial charge in [0.2, 0.25) is 0 Å². The number of allylic oxidation sites excluding steroid dienone is 8. The van der Waals surface area contributed by atoms with Gasteiger partial charge in [0.05, 0.1) is 0 Å². The van der Waals surface area contributed by atoms with Crippen LogP contribution in [0.2, 0.25) is 0 Å². The minimum absolute atomic E-state index is 0. The number of hydrogen-bond donors (Lipinski definition) is 0. The molecule has 0 amide bonds. The van der Waals surface area contributed by atoms with Crippen LogP contribution < -0.4 is 24.8 Å². The number of hydrogen-bond acceptors (Lipinski definition) is 0. The summed E-state index contributed by atoms with van der Waals surface area (Å²) in [5.74, 6) is 0. The molecule has 0 saturated carbocycles. The summed E-state index contributed by atoms with van der Waals surface area (Å²) in [6.45, 7) is 9.17. The Balaban J connectivity index is 0.000000329. The fourth-order valence-electron chi connectivity index (χ4n) is 5.03. The Morgan fingerprint density at radius 2 is 1.38 bits per heavy atom. The van der Waals surface area contributed by atoms with Gasteiger partial charge in [0.25, 0.3) is 0 Å². The average Bonchev–Trinajstić information content (AvgIpc) is 3.51. The first-order valence-corrected chi connectivity index (χ1v) is 13.3. The van der Waals surface area contributed by atoms with Gasteiger partial charge in [0.1, 0.15) is 0 Å². The van der Waals surface area contributed by atoms with E-state index in [0.29, 0.717) is 0 Å². The molecule has 34 heavy (non-hydrogen) atoms. The zero-order valence-electron chi connectivity index (χ0n) is 20.8. The van der Waals surface area contributed by atoms with E-state index in [1.165, 1.54) is 44.1 Å². The molecule has 2 aliphatic carbocycles. The van der Waals surface area contributed by atoms with Gasteiger partial charge in [0, 0.05) is 0 Å². The Morgan fingerprint density at radius 1 is 0.824 bits per heavy atom. The van der Waals surface area contributed by atoms with Gasteiger partial charge in [-0.25, -0.2) is 5.57 Å². The van der Waals surface area contributed by atoms with Crippen molar-refractivity contribution >= 4 is 3.21 Å². The summed E-state index contributed by atoms with van der Waals surface area (Å²) in [4.78, 5) is 0. The summed E-state index contributed by atoms with van der Waals surface area (Å²) < 4.78 is 1.42. The first kappa shape index (κ1) is 30.8. The van der Waals surface area contributed by atoms with E-state index in [0.717, 1.165) is 32.1 Å². The van der Waals surface area contributed by atoms with Crippen LogP contribution in [-0.2, 0) is 24.2 Å². The second-order valence-electron chi connectivity index (χ2n) is 8.31. The van der Waals surface area contributed by atoms with Gasteiger partial charge in [-0.05, 0) is 6.42 Å². The fourth-order valence-corrected chi connectivity index (χ4v) is 5.85. The molecule has 2 aliphatic rings. The van der Waals surface area contributed by atoms with Crippen molar-refractivity contribution in [2.75, 3.05) is 0 Å². The van der Waals surface area contributed by atoms with E-state index in [4.69, 9.17) is 0 Å². The zero-order valence-corrected chi connectivity index (χ0v) is 24.8. The Bertz CT molecular complexity index is 1000. The molecule has 0 nitrogen and oxygen atoms in total. The van der Waals surface area contributed by atoms with Crippen molar-refractivity contribution in [1.82, 2.24) is 0 Å². The SMILES string of the molecule is CCC1=[C-]C(CC)(C2=CC=CC2)C(CC)=C1CC.[Cl-].[Cl-].[Zr+2]=[C](c1ccccc1)c1ccccc1. The Labute approximate surface area is 234 Å². The third-order valence-corrected chi connectivity index (χ3v) is 8.06. The van der Waals surface area contributed by atoms with Gasteiger partial charge in [-0.2, -0.15) is 11.1 Å². The maximum absolute atomic E-state index is 3.88. The van der Waals surface area contributed by atoms with E-state index in [9.17, 15) is 0 Å². The van der Waals surface area contributed by atoms with Crippen LogP contribution >= 0.6 is 0 Å². The van der Waals surface area contributed by atoms with E-state index in [1.807, 2.05) is 0 Å². The minimum atomic E-state index is 0. The summed E-state index contributed by atoms with van der Waals surface area (Å²) in [7, 11) is 0. The van der Waals surface area contributed by atoms with Gasteiger partial charge >= 0.3 is 99.2 Å². The molecule has 0 radical (unpaired) electrons. The predicted octanol–water partition coefficient (Wildman–Crippen LogP) is 2.35. The second kappa shape index (κ2) is 15.0. The van der Waals surface area contributed by atoms with Crippen molar-refractivity contribution in [3.05, 3.63) is 118 Å². The van der Waals surface area contributed by atoms with Crippen LogP contribution in [0, 0.1) is 11.5 Å². The van der Waals surface area contributed by atoms with Gasteiger partial charge < -0.3 is 24.8 Å². The Hall–Kier alpha value is -1.27. The number of benzene rings is 2. The first-order valence-electron chi connectivity index (χ1n) is 12.0. The predicted molar refractivity (Wildman–Crippen MR) is 135 cm³/mol. The molecule has 2 aromatic rings. The van der Waals surface area contributed by atoms with Gasteiger partial charge in [-0.3, -0.25) is 6.08 Å². The average molecular weight is 570 g/mol. The van der Waals surface area contributed by atoms with Gasteiger partial charge in [0.15, 0.2) is 0 Å². The second-order valence-corrected chi connectivity index (χ2v) is 9.54. The molecule has 0 saturated heterocycles. The molecule has 0 N–H and O–H groups in total. The van der Waals surface area contributed by atoms with Crippen molar-refractivity contribution in [3.63, 3.8) is 0 Å². The van der Waals surface area contributed by atoms with Crippen LogP contribution in [0.4, 0.5) is 0 Å². The van der Waals surface area contributed by atoms with Crippen LogP contribution in [0.5, 0.6) is 0 Å². The van der Waals surface area contributed by atoms with Crippen molar-refractivity contribution in [3.8, 4) is 0 Å². The maximum atomic E-state index is 3.88. The topological polar surface area (TPSA) is 0 Å². The normalized spacial score (nSPS) is 18.3. The molecule has 2 aromatic carbocycles. The third kappa shape index (κ3) is 6.69. The van der Waals surface area contributed by atoms with Gasteiger partial charge in [-0.15, -0.1) is 0 Å². The number of halogens is 2. The van der Waals surface area contributed by atoms with Crippen LogP contribution in [0.1, 0.15) is 70.9 Å². The molecule has 4 rings (SSSR count). The van der Waals surface area contributed by atoms with Crippen molar-refractivity contribution in [1.29, 1.82) is 0 Å². The standard InChI is InChI=1S/C18H25.C13H10.2ClH.Zr/c1-5-14-13-18(8-4,15-11-9-10-12-15)17(7-3)16(14)6-2;1-3-7-12(8-4-1)11-13-9-5-2-6-10-13;;;/h9-11H,5-8,12H2,1-4H3;1-10H;2*1H;/q-1;;;;+2/p-2. The Kier molecular flexibility index (Phi) is 13.6. The molecule has 1 atom stereocenters. The van der Waals surface area contributed by atoms with Crippen LogP contribution in [0.3, 0.4) is 0 Å². The van der Waals surface area contributed by atoms with Gasteiger partial charge in [-0.1, -0.05) is 82.6 Å². The summed E-state index contributed by atoms with van der Waals surface area (Å²) >= 11 is 1.46. The summed E-state index contributed by atoms with van der Waals surface area (Å²) in [6, 6.07) is 21.1. The van der Waals surface area contributed by atoms with E-state index in [1.54, 1.807) is 16.7 Å². The Morgan fingerprint density at radius 3 is 1.76 bits per heavy atom. The van der Waals surface area contributed by atoms with E-state index in [2.05, 4.69) is 113 Å². The van der Waals surface area contributed by atoms with Crippen molar-refractivity contribution in [2.45, 2.75) is 59.8 Å². The number of rotatable bonds is 7. The molecule has 0 aliphatic heterocycles. The zero-order chi connectivity index (χ0) is 23.0. The first-order chi connectivity index (χ1) is 15.6. The molecule has 3 heteroatoms. The molecule has 178 valence electrons. The summed E-state index contributed by atoms with van der Waals surface area (Å²) in [5.41, 5.74) is 9.04. The third-order valence-electron chi connectivity index (χ3n) is 6.64. The molecule has 0 heterocycles. The van der Waals surface area contributed by atoms with Crippen molar-refractivity contribution in [2.24, 2.45) is 5.41 Å².